The van der Waals surface area contributed by atoms with Crippen LogP contribution >= 0.6 is 11.6 Å². The van der Waals surface area contributed by atoms with Crippen molar-refractivity contribution in [2.75, 3.05) is 45.7 Å². The van der Waals surface area contributed by atoms with Gasteiger partial charge in [0.05, 0.1) is 0 Å². The van der Waals surface area contributed by atoms with Gasteiger partial charge in [0.25, 0.3) is 0 Å². The highest BCUT2D eigenvalue weighted by Crippen LogP contribution is 2.23. The van der Waals surface area contributed by atoms with Gasteiger partial charge in [0.15, 0.2) is 0 Å². The van der Waals surface area contributed by atoms with Gasteiger partial charge in [0, 0.05) is 30.8 Å². The Morgan fingerprint density at radius 2 is 1.90 bits per heavy atom. The molecule has 114 valence electrons. The SMILES string of the molecule is CCCNCc1cc(Cl)ccc1N(C)CCCN(C)C. The largest absolute Gasteiger partial charge is 0.374 e. The molecule has 0 unspecified atom stereocenters. The van der Waals surface area contributed by atoms with E-state index in [0.717, 1.165) is 44.0 Å². The zero-order valence-corrected chi connectivity index (χ0v) is 14.0. The fraction of sp³-hybridized carbons (Fsp3) is 0.625. The minimum atomic E-state index is 0.809. The van der Waals surface area contributed by atoms with Crippen molar-refractivity contribution in [1.82, 2.24) is 10.2 Å². The molecule has 3 nitrogen and oxygen atoms in total. The number of hydrogen-bond donors (Lipinski definition) is 1. The van der Waals surface area contributed by atoms with Crippen molar-refractivity contribution in [2.45, 2.75) is 26.3 Å². The third-order valence-electron chi connectivity index (χ3n) is 3.29. The summed E-state index contributed by atoms with van der Waals surface area (Å²) < 4.78 is 0. The van der Waals surface area contributed by atoms with Crippen LogP contribution in [0.5, 0.6) is 0 Å². The molecular weight excluding hydrogens is 270 g/mol. The summed E-state index contributed by atoms with van der Waals surface area (Å²) in [6, 6.07) is 6.17. The van der Waals surface area contributed by atoms with E-state index in [9.17, 15) is 0 Å². The summed E-state index contributed by atoms with van der Waals surface area (Å²) in [5.41, 5.74) is 2.55. The molecule has 0 aliphatic rings. The van der Waals surface area contributed by atoms with E-state index in [0.29, 0.717) is 0 Å². The second kappa shape index (κ2) is 9.22. The number of nitrogens with zero attached hydrogens (tertiary/aromatic N) is 2. The summed E-state index contributed by atoms with van der Waals surface area (Å²) in [4.78, 5) is 4.54. The molecule has 0 amide bonds. The maximum absolute atomic E-state index is 6.13. The molecule has 4 heteroatoms. The first kappa shape index (κ1) is 17.3. The summed E-state index contributed by atoms with van der Waals surface area (Å²) in [7, 11) is 6.38. The molecule has 1 rings (SSSR count). The summed E-state index contributed by atoms with van der Waals surface area (Å²) in [5.74, 6) is 0. The Kier molecular flexibility index (Phi) is 7.97. The number of hydrogen-bond acceptors (Lipinski definition) is 3. The molecule has 0 fully saturated rings. The van der Waals surface area contributed by atoms with Gasteiger partial charge in [-0.3, -0.25) is 0 Å². The highest BCUT2D eigenvalue weighted by molar-refractivity contribution is 6.30. The maximum Gasteiger partial charge on any atom is 0.0410 e. The molecule has 1 aromatic rings. The second-order valence-electron chi connectivity index (χ2n) is 5.53. The smallest absolute Gasteiger partial charge is 0.0410 e. The van der Waals surface area contributed by atoms with Crippen LogP contribution in [0.2, 0.25) is 5.02 Å². The monoisotopic (exact) mass is 297 g/mol. The molecule has 0 spiro atoms. The second-order valence-corrected chi connectivity index (χ2v) is 5.96. The van der Waals surface area contributed by atoms with E-state index in [1.807, 2.05) is 6.07 Å². The van der Waals surface area contributed by atoms with Crippen LogP contribution in [0.25, 0.3) is 0 Å². The number of nitrogens with one attached hydrogen (secondary N) is 1. The number of rotatable bonds is 9. The van der Waals surface area contributed by atoms with Crippen LogP contribution in [0.4, 0.5) is 5.69 Å². The first-order chi connectivity index (χ1) is 9.54. The van der Waals surface area contributed by atoms with E-state index in [4.69, 9.17) is 11.6 Å². The van der Waals surface area contributed by atoms with E-state index >= 15 is 0 Å². The summed E-state index contributed by atoms with van der Waals surface area (Å²) >= 11 is 6.13. The topological polar surface area (TPSA) is 18.5 Å². The standard InChI is InChI=1S/C16H28ClN3/c1-5-9-18-13-14-12-15(17)7-8-16(14)20(4)11-6-10-19(2)3/h7-8,12,18H,5-6,9-11,13H2,1-4H3. The van der Waals surface area contributed by atoms with E-state index in [-0.39, 0.29) is 0 Å². The molecule has 0 aliphatic carbocycles. The molecule has 0 saturated heterocycles. The maximum atomic E-state index is 6.13. The number of anilines is 1. The van der Waals surface area contributed by atoms with E-state index < -0.39 is 0 Å². The molecule has 0 aromatic heterocycles. The van der Waals surface area contributed by atoms with Crippen LogP contribution in [0.1, 0.15) is 25.3 Å². The fourth-order valence-electron chi connectivity index (χ4n) is 2.21. The summed E-state index contributed by atoms with van der Waals surface area (Å²) in [6.45, 7) is 6.26. The average molecular weight is 298 g/mol. The normalized spacial score (nSPS) is 11.1. The van der Waals surface area contributed by atoms with Gasteiger partial charge in [-0.25, -0.2) is 0 Å². The minimum Gasteiger partial charge on any atom is -0.374 e. The van der Waals surface area contributed by atoms with Crippen LogP contribution in [0, 0.1) is 0 Å². The van der Waals surface area contributed by atoms with Gasteiger partial charge < -0.3 is 15.1 Å². The van der Waals surface area contributed by atoms with Crippen molar-refractivity contribution in [2.24, 2.45) is 0 Å². The van der Waals surface area contributed by atoms with Gasteiger partial charge in [-0.15, -0.1) is 0 Å². The third-order valence-corrected chi connectivity index (χ3v) is 3.53. The van der Waals surface area contributed by atoms with Gasteiger partial charge in [0.2, 0.25) is 0 Å². The van der Waals surface area contributed by atoms with Crippen molar-refractivity contribution in [3.05, 3.63) is 28.8 Å². The van der Waals surface area contributed by atoms with Crippen molar-refractivity contribution in [1.29, 1.82) is 0 Å². The highest BCUT2D eigenvalue weighted by Gasteiger charge is 2.08. The van der Waals surface area contributed by atoms with Gasteiger partial charge in [0.1, 0.15) is 0 Å². The zero-order chi connectivity index (χ0) is 15.0. The Morgan fingerprint density at radius 1 is 1.15 bits per heavy atom. The lowest BCUT2D eigenvalue weighted by molar-refractivity contribution is 0.401. The number of halogens is 1. The Labute approximate surface area is 128 Å². The van der Waals surface area contributed by atoms with Gasteiger partial charge >= 0.3 is 0 Å². The zero-order valence-electron chi connectivity index (χ0n) is 13.2. The quantitative estimate of drug-likeness (QED) is 0.706. The average Bonchev–Trinajstić information content (AvgIpc) is 2.38. The molecule has 0 bridgehead atoms. The molecule has 0 aliphatic heterocycles. The van der Waals surface area contributed by atoms with Crippen LogP contribution in [0.15, 0.2) is 18.2 Å². The predicted octanol–water partition coefficient (Wildman–Crippen LogP) is 3.23. The Morgan fingerprint density at radius 3 is 2.55 bits per heavy atom. The minimum absolute atomic E-state index is 0.809. The van der Waals surface area contributed by atoms with E-state index in [1.165, 1.54) is 11.3 Å². The Balaban J connectivity index is 2.66. The van der Waals surface area contributed by atoms with Crippen LogP contribution in [-0.2, 0) is 6.54 Å². The number of benzene rings is 1. The van der Waals surface area contributed by atoms with Crippen molar-refractivity contribution < 1.29 is 0 Å². The Hall–Kier alpha value is -0.770. The predicted molar refractivity (Wildman–Crippen MR) is 89.9 cm³/mol. The molecule has 0 saturated carbocycles. The Bertz CT molecular complexity index is 393. The molecule has 0 atom stereocenters. The van der Waals surface area contributed by atoms with Gasteiger partial charge in [-0.2, -0.15) is 0 Å². The van der Waals surface area contributed by atoms with Crippen LogP contribution in [0.3, 0.4) is 0 Å². The first-order valence-corrected chi connectivity index (χ1v) is 7.77. The molecule has 0 radical (unpaired) electrons. The molecule has 1 aromatic carbocycles. The van der Waals surface area contributed by atoms with Crippen molar-refractivity contribution in [3.63, 3.8) is 0 Å². The first-order valence-electron chi connectivity index (χ1n) is 7.39. The molecule has 0 heterocycles. The third kappa shape index (κ3) is 6.12. The van der Waals surface area contributed by atoms with Gasteiger partial charge in [-0.05, 0) is 63.8 Å². The summed E-state index contributed by atoms with van der Waals surface area (Å²) in [6.07, 6.45) is 2.31. The van der Waals surface area contributed by atoms with Crippen LogP contribution in [-0.4, -0.2) is 45.7 Å². The molecule has 20 heavy (non-hydrogen) atoms. The summed E-state index contributed by atoms with van der Waals surface area (Å²) in [5, 5.41) is 4.26. The van der Waals surface area contributed by atoms with Crippen LogP contribution < -0.4 is 10.2 Å². The lowest BCUT2D eigenvalue weighted by atomic mass is 10.1. The van der Waals surface area contributed by atoms with Gasteiger partial charge in [-0.1, -0.05) is 18.5 Å². The molecule has 1 N–H and O–H groups in total. The fourth-order valence-corrected chi connectivity index (χ4v) is 2.41. The van der Waals surface area contributed by atoms with E-state index in [1.54, 1.807) is 0 Å². The van der Waals surface area contributed by atoms with E-state index in [2.05, 4.69) is 55.3 Å². The lowest BCUT2D eigenvalue weighted by Crippen LogP contribution is -2.25. The van der Waals surface area contributed by atoms with Crippen molar-refractivity contribution >= 4 is 17.3 Å². The van der Waals surface area contributed by atoms with Crippen molar-refractivity contribution in [3.8, 4) is 0 Å². The highest BCUT2D eigenvalue weighted by atomic mass is 35.5. The lowest BCUT2D eigenvalue weighted by Gasteiger charge is -2.23. The molecular formula is C16H28ClN3.